The molecule has 0 radical (unpaired) electrons. The molecule has 0 spiro atoms. The molecule has 1 aliphatic heterocycles. The van der Waals surface area contributed by atoms with E-state index < -0.39 is 0 Å². The van der Waals surface area contributed by atoms with E-state index in [9.17, 15) is 4.39 Å². The lowest BCUT2D eigenvalue weighted by Gasteiger charge is -2.55. The third-order valence-electron chi connectivity index (χ3n) is 5.41. The molecule has 2 nitrogen and oxygen atoms in total. The molecule has 0 aliphatic carbocycles. The lowest BCUT2D eigenvalue weighted by Crippen LogP contribution is -2.62. The highest BCUT2D eigenvalue weighted by Crippen LogP contribution is 2.42. The van der Waals surface area contributed by atoms with Crippen LogP contribution in [0.25, 0.3) is 0 Å². The Bertz CT molecular complexity index is 310. The van der Waals surface area contributed by atoms with Crippen molar-refractivity contribution in [3.63, 3.8) is 0 Å². The van der Waals surface area contributed by atoms with Gasteiger partial charge in [0, 0.05) is 19.1 Å². The van der Waals surface area contributed by atoms with Gasteiger partial charge in [-0.1, -0.05) is 39.8 Å². The molecule has 0 bridgehead atoms. The van der Waals surface area contributed by atoms with E-state index in [0.717, 1.165) is 18.9 Å². The zero-order chi connectivity index (χ0) is 15.9. The standard InChI is InChI=1S/C18H35FN2/c1-6-17(15(2)9-7-11-19)21-13-18(4,14-21)16(3)10-8-12-20-5/h7,9,15-17,20H,6,8,10-14H2,1-5H3/b9-7-. The number of likely N-dealkylation sites (tertiary alicyclic amines) is 1. The van der Waals surface area contributed by atoms with Crippen LogP contribution in [0.5, 0.6) is 0 Å². The molecular formula is C18H35FN2. The first-order valence-electron chi connectivity index (χ1n) is 8.59. The predicted octanol–water partition coefficient (Wildman–Crippen LogP) is 3.88. The Labute approximate surface area is 131 Å². The molecule has 1 aliphatic rings. The number of hydrogen-bond donors (Lipinski definition) is 1. The van der Waals surface area contributed by atoms with Crippen LogP contribution in [0, 0.1) is 17.3 Å². The zero-order valence-corrected chi connectivity index (χ0v) is 14.7. The van der Waals surface area contributed by atoms with Crippen LogP contribution in [0.4, 0.5) is 4.39 Å². The Hall–Kier alpha value is -0.410. The predicted molar refractivity (Wildman–Crippen MR) is 90.4 cm³/mol. The van der Waals surface area contributed by atoms with E-state index in [0.29, 0.717) is 17.4 Å². The summed E-state index contributed by atoms with van der Waals surface area (Å²) in [6.07, 6.45) is 7.41. The molecule has 21 heavy (non-hydrogen) atoms. The summed E-state index contributed by atoms with van der Waals surface area (Å²) in [6, 6.07) is 0.561. The van der Waals surface area contributed by atoms with E-state index >= 15 is 0 Å². The first-order valence-corrected chi connectivity index (χ1v) is 8.59. The highest BCUT2D eigenvalue weighted by molar-refractivity contribution is 5.01. The summed E-state index contributed by atoms with van der Waals surface area (Å²) in [6.45, 7) is 12.5. The maximum atomic E-state index is 12.3. The first-order chi connectivity index (χ1) is 9.98. The molecule has 0 aromatic rings. The van der Waals surface area contributed by atoms with Crippen LogP contribution >= 0.6 is 0 Å². The van der Waals surface area contributed by atoms with E-state index in [4.69, 9.17) is 0 Å². The van der Waals surface area contributed by atoms with Gasteiger partial charge in [-0.25, -0.2) is 4.39 Å². The van der Waals surface area contributed by atoms with Crippen molar-refractivity contribution in [1.29, 1.82) is 0 Å². The molecule has 3 heteroatoms. The van der Waals surface area contributed by atoms with Crippen LogP contribution in [-0.4, -0.2) is 44.3 Å². The van der Waals surface area contributed by atoms with Gasteiger partial charge in [-0.15, -0.1) is 0 Å². The maximum Gasteiger partial charge on any atom is 0.108 e. The number of nitrogens with zero attached hydrogens (tertiary/aromatic N) is 1. The molecule has 124 valence electrons. The Balaban J connectivity index is 2.46. The highest BCUT2D eigenvalue weighted by atomic mass is 19.1. The minimum atomic E-state index is -0.346. The van der Waals surface area contributed by atoms with Gasteiger partial charge in [-0.3, -0.25) is 4.90 Å². The van der Waals surface area contributed by atoms with Crippen LogP contribution in [0.15, 0.2) is 12.2 Å². The van der Waals surface area contributed by atoms with Crippen molar-refractivity contribution in [2.24, 2.45) is 17.3 Å². The van der Waals surface area contributed by atoms with E-state index in [1.54, 1.807) is 6.08 Å². The molecule has 0 amide bonds. The third kappa shape index (κ3) is 5.07. The largest absolute Gasteiger partial charge is 0.320 e. The van der Waals surface area contributed by atoms with Gasteiger partial charge in [0.25, 0.3) is 0 Å². The molecule has 0 saturated carbocycles. The Morgan fingerprint density at radius 2 is 2.00 bits per heavy atom. The van der Waals surface area contributed by atoms with Gasteiger partial charge < -0.3 is 5.32 Å². The summed E-state index contributed by atoms with van der Waals surface area (Å²) in [5.74, 6) is 1.21. The van der Waals surface area contributed by atoms with Gasteiger partial charge in [0.1, 0.15) is 6.67 Å². The summed E-state index contributed by atoms with van der Waals surface area (Å²) in [5, 5.41) is 3.23. The molecule has 3 atom stereocenters. The summed E-state index contributed by atoms with van der Waals surface area (Å²) >= 11 is 0. The molecule has 1 rings (SSSR count). The Morgan fingerprint density at radius 1 is 1.33 bits per heavy atom. The van der Waals surface area contributed by atoms with Gasteiger partial charge in [0.15, 0.2) is 0 Å². The van der Waals surface area contributed by atoms with Gasteiger partial charge in [0.2, 0.25) is 0 Å². The van der Waals surface area contributed by atoms with Crippen LogP contribution in [0.2, 0.25) is 0 Å². The van der Waals surface area contributed by atoms with Gasteiger partial charge in [-0.05, 0) is 50.1 Å². The number of nitrogens with one attached hydrogen (secondary N) is 1. The number of hydrogen-bond acceptors (Lipinski definition) is 2. The average molecular weight is 298 g/mol. The van der Waals surface area contributed by atoms with Crippen molar-refractivity contribution >= 4 is 0 Å². The molecule has 1 fully saturated rings. The quantitative estimate of drug-likeness (QED) is 0.486. The van der Waals surface area contributed by atoms with Crippen molar-refractivity contribution in [3.05, 3.63) is 12.2 Å². The van der Waals surface area contributed by atoms with Crippen molar-refractivity contribution in [1.82, 2.24) is 10.2 Å². The summed E-state index contributed by atoms with van der Waals surface area (Å²) in [7, 11) is 2.02. The monoisotopic (exact) mass is 298 g/mol. The fourth-order valence-corrected chi connectivity index (χ4v) is 3.72. The van der Waals surface area contributed by atoms with E-state index in [1.807, 2.05) is 13.1 Å². The van der Waals surface area contributed by atoms with Crippen molar-refractivity contribution in [2.45, 2.75) is 53.0 Å². The summed E-state index contributed by atoms with van der Waals surface area (Å²) in [4.78, 5) is 2.60. The summed E-state index contributed by atoms with van der Waals surface area (Å²) < 4.78 is 12.3. The topological polar surface area (TPSA) is 15.3 Å². The fourth-order valence-electron chi connectivity index (χ4n) is 3.72. The Morgan fingerprint density at radius 3 is 2.52 bits per heavy atom. The third-order valence-corrected chi connectivity index (χ3v) is 5.41. The van der Waals surface area contributed by atoms with Crippen LogP contribution < -0.4 is 5.32 Å². The number of rotatable bonds is 10. The van der Waals surface area contributed by atoms with E-state index in [1.165, 1.54) is 25.9 Å². The lowest BCUT2D eigenvalue weighted by molar-refractivity contribution is -0.0652. The number of allylic oxidation sites excluding steroid dienone is 1. The lowest BCUT2D eigenvalue weighted by atomic mass is 9.69. The van der Waals surface area contributed by atoms with Crippen molar-refractivity contribution < 1.29 is 4.39 Å². The first kappa shape index (κ1) is 18.6. The molecule has 1 N–H and O–H groups in total. The minimum absolute atomic E-state index is 0.346. The second kappa shape index (κ2) is 8.89. The maximum absolute atomic E-state index is 12.3. The van der Waals surface area contributed by atoms with Crippen LogP contribution in [0.1, 0.15) is 47.0 Å². The summed E-state index contributed by atoms with van der Waals surface area (Å²) in [5.41, 5.74) is 0.463. The normalized spacial score (nSPS) is 23.0. The van der Waals surface area contributed by atoms with Gasteiger partial charge in [-0.2, -0.15) is 0 Å². The zero-order valence-electron chi connectivity index (χ0n) is 14.7. The van der Waals surface area contributed by atoms with Crippen LogP contribution in [0.3, 0.4) is 0 Å². The molecule has 0 aromatic carbocycles. The second-order valence-electron chi connectivity index (χ2n) is 7.12. The fraction of sp³-hybridized carbons (Fsp3) is 0.889. The second-order valence-corrected chi connectivity index (χ2v) is 7.12. The van der Waals surface area contributed by atoms with E-state index in [-0.39, 0.29) is 6.67 Å². The molecular weight excluding hydrogens is 263 g/mol. The smallest absolute Gasteiger partial charge is 0.108 e. The highest BCUT2D eigenvalue weighted by Gasteiger charge is 2.45. The van der Waals surface area contributed by atoms with Crippen molar-refractivity contribution in [2.75, 3.05) is 33.4 Å². The number of alkyl halides is 1. The minimum Gasteiger partial charge on any atom is -0.320 e. The molecule has 1 heterocycles. The SMILES string of the molecule is CCC(C(C)/C=C\CF)N1CC(C)(C(C)CCCNC)C1. The average Bonchev–Trinajstić information content (AvgIpc) is 2.43. The molecule has 3 unspecified atom stereocenters. The molecule has 1 saturated heterocycles. The molecule has 0 aromatic heterocycles. The van der Waals surface area contributed by atoms with Crippen molar-refractivity contribution in [3.8, 4) is 0 Å². The Kier molecular flexibility index (Phi) is 7.89. The van der Waals surface area contributed by atoms with Crippen LogP contribution in [-0.2, 0) is 0 Å². The number of halogens is 1. The van der Waals surface area contributed by atoms with E-state index in [2.05, 4.69) is 37.9 Å². The van der Waals surface area contributed by atoms with Gasteiger partial charge in [0.05, 0.1) is 0 Å². The van der Waals surface area contributed by atoms with Gasteiger partial charge >= 0.3 is 0 Å².